The summed E-state index contributed by atoms with van der Waals surface area (Å²) in [5, 5.41) is 13.3. The standard InChI is InChI=1S/C21H16Cl2N6/c22-15-4-6-17(18(23)10-15)19-11-20-25-8-9-29(20)21(28-19)26-7-1-2-16-5-3-14(12-24)13-27-16/h3-6,8-11,13H,1-2,7H2,(H,26,28). The second-order valence-corrected chi connectivity index (χ2v) is 7.27. The summed E-state index contributed by atoms with van der Waals surface area (Å²) >= 11 is 12.4. The molecule has 1 aromatic carbocycles. The Bertz CT molecular complexity index is 1190. The number of imidazole rings is 1. The van der Waals surface area contributed by atoms with E-state index in [0.29, 0.717) is 28.1 Å². The first-order valence-electron chi connectivity index (χ1n) is 9.02. The highest BCUT2D eigenvalue weighted by molar-refractivity contribution is 6.36. The van der Waals surface area contributed by atoms with Crippen molar-refractivity contribution < 1.29 is 0 Å². The van der Waals surface area contributed by atoms with Crippen LogP contribution in [0, 0.1) is 11.3 Å². The Hall–Kier alpha value is -3.14. The minimum absolute atomic E-state index is 0.541. The molecular weight excluding hydrogens is 407 g/mol. The van der Waals surface area contributed by atoms with E-state index in [4.69, 9.17) is 33.4 Å². The van der Waals surface area contributed by atoms with Gasteiger partial charge in [0.1, 0.15) is 11.7 Å². The number of pyridine rings is 1. The summed E-state index contributed by atoms with van der Waals surface area (Å²) < 4.78 is 1.90. The van der Waals surface area contributed by atoms with Crippen LogP contribution in [0.4, 0.5) is 5.95 Å². The van der Waals surface area contributed by atoms with E-state index in [1.54, 1.807) is 30.6 Å². The molecule has 0 amide bonds. The monoisotopic (exact) mass is 422 g/mol. The first-order valence-corrected chi connectivity index (χ1v) is 9.78. The van der Waals surface area contributed by atoms with Crippen LogP contribution in [0.5, 0.6) is 0 Å². The van der Waals surface area contributed by atoms with Crippen LogP contribution in [-0.2, 0) is 6.42 Å². The lowest BCUT2D eigenvalue weighted by molar-refractivity contribution is 0.825. The molecule has 0 saturated carbocycles. The number of hydrogen-bond donors (Lipinski definition) is 1. The highest BCUT2D eigenvalue weighted by Gasteiger charge is 2.11. The third-order valence-electron chi connectivity index (χ3n) is 4.44. The summed E-state index contributed by atoms with van der Waals surface area (Å²) in [5.74, 6) is 0.689. The van der Waals surface area contributed by atoms with Gasteiger partial charge in [-0.1, -0.05) is 23.2 Å². The van der Waals surface area contributed by atoms with Crippen LogP contribution in [0.25, 0.3) is 16.9 Å². The Kier molecular flexibility index (Phi) is 5.61. The van der Waals surface area contributed by atoms with Gasteiger partial charge >= 0.3 is 0 Å². The largest absolute Gasteiger partial charge is 0.355 e. The number of nitriles is 1. The summed E-state index contributed by atoms with van der Waals surface area (Å²) in [5.41, 5.74) is 3.81. The van der Waals surface area contributed by atoms with Gasteiger partial charge in [0, 0.05) is 47.5 Å². The molecule has 1 N–H and O–H groups in total. The quantitative estimate of drug-likeness (QED) is 0.441. The molecule has 0 saturated heterocycles. The number of rotatable bonds is 6. The fraction of sp³-hybridized carbons (Fsp3) is 0.143. The highest BCUT2D eigenvalue weighted by atomic mass is 35.5. The average Bonchev–Trinajstić information content (AvgIpc) is 3.20. The summed E-state index contributed by atoms with van der Waals surface area (Å²) in [6, 6.07) is 13.0. The zero-order chi connectivity index (χ0) is 20.2. The van der Waals surface area contributed by atoms with E-state index < -0.39 is 0 Å². The first-order chi connectivity index (χ1) is 14.1. The maximum Gasteiger partial charge on any atom is 0.209 e. The maximum atomic E-state index is 8.84. The van der Waals surface area contributed by atoms with Crippen LogP contribution in [-0.4, -0.2) is 25.9 Å². The van der Waals surface area contributed by atoms with Crippen molar-refractivity contribution in [3.8, 4) is 17.3 Å². The van der Waals surface area contributed by atoms with Gasteiger partial charge in [0.15, 0.2) is 0 Å². The van der Waals surface area contributed by atoms with E-state index in [1.165, 1.54) is 0 Å². The topological polar surface area (TPSA) is 78.9 Å². The average molecular weight is 423 g/mol. The predicted octanol–water partition coefficient (Wildman–Crippen LogP) is 5.01. The van der Waals surface area contributed by atoms with E-state index >= 15 is 0 Å². The van der Waals surface area contributed by atoms with Crippen LogP contribution in [0.15, 0.2) is 55.0 Å². The minimum atomic E-state index is 0.541. The molecule has 3 heterocycles. The van der Waals surface area contributed by atoms with Gasteiger partial charge in [0.05, 0.1) is 16.3 Å². The van der Waals surface area contributed by atoms with Gasteiger partial charge < -0.3 is 5.32 Å². The number of aromatic nitrogens is 4. The zero-order valence-corrected chi connectivity index (χ0v) is 16.8. The van der Waals surface area contributed by atoms with Crippen molar-refractivity contribution in [2.75, 3.05) is 11.9 Å². The van der Waals surface area contributed by atoms with Gasteiger partial charge in [-0.3, -0.25) is 9.38 Å². The van der Waals surface area contributed by atoms with E-state index in [-0.39, 0.29) is 0 Å². The highest BCUT2D eigenvalue weighted by Crippen LogP contribution is 2.30. The predicted molar refractivity (Wildman–Crippen MR) is 114 cm³/mol. The molecule has 0 spiro atoms. The summed E-state index contributed by atoms with van der Waals surface area (Å²) in [7, 11) is 0. The zero-order valence-electron chi connectivity index (χ0n) is 15.3. The lowest BCUT2D eigenvalue weighted by Crippen LogP contribution is -2.09. The fourth-order valence-corrected chi connectivity index (χ4v) is 3.50. The van der Waals surface area contributed by atoms with E-state index in [2.05, 4.69) is 21.4 Å². The van der Waals surface area contributed by atoms with Crippen LogP contribution in [0.1, 0.15) is 17.7 Å². The Balaban J connectivity index is 1.50. The second-order valence-electron chi connectivity index (χ2n) is 6.42. The Morgan fingerprint density at radius 3 is 2.76 bits per heavy atom. The number of fused-ring (bicyclic) bond motifs is 1. The van der Waals surface area contributed by atoms with Crippen molar-refractivity contribution in [2.45, 2.75) is 12.8 Å². The molecule has 4 aromatic rings. The number of anilines is 1. The first kappa shape index (κ1) is 19.2. The third kappa shape index (κ3) is 4.32. The number of nitrogens with one attached hydrogen (secondary N) is 1. The Morgan fingerprint density at radius 2 is 2.00 bits per heavy atom. The molecule has 4 rings (SSSR count). The molecule has 0 bridgehead atoms. The molecular formula is C21H16Cl2N6. The van der Waals surface area contributed by atoms with E-state index in [1.807, 2.05) is 28.8 Å². The molecule has 0 fully saturated rings. The Labute approximate surface area is 177 Å². The molecule has 0 aliphatic carbocycles. The van der Waals surface area contributed by atoms with Gasteiger partial charge in [-0.15, -0.1) is 0 Å². The number of nitrogens with zero attached hydrogens (tertiary/aromatic N) is 5. The van der Waals surface area contributed by atoms with E-state index in [0.717, 1.165) is 35.4 Å². The van der Waals surface area contributed by atoms with Crippen LogP contribution in [0.2, 0.25) is 10.0 Å². The van der Waals surface area contributed by atoms with Crippen molar-refractivity contribution in [2.24, 2.45) is 0 Å². The number of aryl methyl sites for hydroxylation is 1. The summed E-state index contributed by atoms with van der Waals surface area (Å²) in [6.45, 7) is 0.708. The number of hydrogen-bond acceptors (Lipinski definition) is 5. The molecule has 6 nitrogen and oxygen atoms in total. The normalized spacial score (nSPS) is 10.8. The lowest BCUT2D eigenvalue weighted by atomic mass is 10.1. The van der Waals surface area contributed by atoms with Crippen molar-refractivity contribution in [3.63, 3.8) is 0 Å². The van der Waals surface area contributed by atoms with Crippen LogP contribution in [0.3, 0.4) is 0 Å². The lowest BCUT2D eigenvalue weighted by Gasteiger charge is -2.11. The second kappa shape index (κ2) is 8.48. The smallest absolute Gasteiger partial charge is 0.209 e. The van der Waals surface area contributed by atoms with Crippen molar-refractivity contribution in [1.29, 1.82) is 5.26 Å². The van der Waals surface area contributed by atoms with Gasteiger partial charge in [-0.2, -0.15) is 5.26 Å². The van der Waals surface area contributed by atoms with Crippen LogP contribution >= 0.6 is 23.2 Å². The van der Waals surface area contributed by atoms with Crippen LogP contribution < -0.4 is 5.32 Å². The molecule has 0 aliphatic heterocycles. The van der Waals surface area contributed by atoms with Gasteiger partial charge in [0.2, 0.25) is 5.95 Å². The molecule has 0 radical (unpaired) electrons. The van der Waals surface area contributed by atoms with Gasteiger partial charge in [-0.05, 0) is 43.2 Å². The SMILES string of the molecule is N#Cc1ccc(CCCNc2nc(-c3ccc(Cl)cc3Cl)cc3nccn23)nc1. The molecule has 8 heteroatoms. The molecule has 0 unspecified atom stereocenters. The Morgan fingerprint density at radius 1 is 1.10 bits per heavy atom. The molecule has 0 aliphatic rings. The summed E-state index contributed by atoms with van der Waals surface area (Å²) in [4.78, 5) is 13.4. The molecule has 3 aromatic heterocycles. The van der Waals surface area contributed by atoms with Crippen molar-refractivity contribution in [3.05, 3.63) is 76.3 Å². The molecule has 144 valence electrons. The van der Waals surface area contributed by atoms with Crippen molar-refractivity contribution in [1.82, 2.24) is 19.4 Å². The number of benzene rings is 1. The van der Waals surface area contributed by atoms with Gasteiger partial charge in [0.25, 0.3) is 0 Å². The van der Waals surface area contributed by atoms with Crippen molar-refractivity contribution >= 4 is 34.8 Å². The maximum absolute atomic E-state index is 8.84. The minimum Gasteiger partial charge on any atom is -0.355 e. The van der Waals surface area contributed by atoms with E-state index in [9.17, 15) is 0 Å². The third-order valence-corrected chi connectivity index (χ3v) is 4.99. The fourth-order valence-electron chi connectivity index (χ4n) is 2.99. The number of halogens is 2. The summed E-state index contributed by atoms with van der Waals surface area (Å²) in [6.07, 6.45) is 6.85. The van der Waals surface area contributed by atoms with Gasteiger partial charge in [-0.25, -0.2) is 9.97 Å². The molecule has 29 heavy (non-hydrogen) atoms. The molecule has 0 atom stereocenters.